The summed E-state index contributed by atoms with van der Waals surface area (Å²) in [4.78, 5) is 1.41. The van der Waals surface area contributed by atoms with E-state index in [1.54, 1.807) is 0 Å². The molecule has 0 fully saturated rings. The third kappa shape index (κ3) is 2.20. The van der Waals surface area contributed by atoms with Crippen molar-refractivity contribution in [1.82, 2.24) is 0 Å². The molecule has 17 heavy (non-hydrogen) atoms. The van der Waals surface area contributed by atoms with Gasteiger partial charge in [-0.05, 0) is 30.5 Å². The molecule has 0 saturated carbocycles. The summed E-state index contributed by atoms with van der Waals surface area (Å²) in [6, 6.07) is 3.60. The maximum atomic E-state index is 12.6. The smallest absolute Gasteiger partial charge is 0.370 e. The van der Waals surface area contributed by atoms with Crippen molar-refractivity contribution in [3.63, 3.8) is 0 Å². The zero-order valence-corrected chi connectivity index (χ0v) is 9.01. The van der Waals surface area contributed by atoms with Crippen LogP contribution in [0.2, 0.25) is 0 Å². The van der Waals surface area contributed by atoms with Crippen LogP contribution in [0.1, 0.15) is 17.5 Å². The number of halogens is 3. The van der Waals surface area contributed by atoms with E-state index < -0.39 is 11.7 Å². The van der Waals surface area contributed by atoms with E-state index in [9.17, 15) is 13.2 Å². The van der Waals surface area contributed by atoms with Gasteiger partial charge in [-0.15, -0.1) is 0 Å². The van der Waals surface area contributed by atoms with Crippen LogP contribution in [-0.4, -0.2) is 12.5 Å². The molecule has 0 aliphatic carbocycles. The fourth-order valence-electron chi connectivity index (χ4n) is 2.00. The molecule has 92 valence electrons. The molecule has 3 nitrogen and oxygen atoms in total. The minimum absolute atomic E-state index is 0.217. The number of guanidine groups is 1. The predicted molar refractivity (Wildman–Crippen MR) is 59.0 cm³/mol. The van der Waals surface area contributed by atoms with Gasteiger partial charge in [0.05, 0.1) is 5.56 Å². The van der Waals surface area contributed by atoms with Crippen molar-refractivity contribution in [2.24, 2.45) is 5.73 Å². The molecule has 0 radical (unpaired) electrons. The Labute approximate surface area is 96.5 Å². The van der Waals surface area contributed by atoms with E-state index in [0.717, 1.165) is 30.5 Å². The third-order valence-corrected chi connectivity index (χ3v) is 2.82. The minimum Gasteiger partial charge on any atom is -0.370 e. The normalized spacial score (nSPS) is 15.6. The van der Waals surface area contributed by atoms with E-state index in [1.165, 1.54) is 11.0 Å². The highest BCUT2D eigenvalue weighted by atomic mass is 19.4. The maximum Gasteiger partial charge on any atom is 0.416 e. The fourth-order valence-corrected chi connectivity index (χ4v) is 2.00. The van der Waals surface area contributed by atoms with E-state index in [2.05, 4.69) is 0 Å². The molecule has 0 spiro atoms. The van der Waals surface area contributed by atoms with E-state index in [4.69, 9.17) is 11.1 Å². The van der Waals surface area contributed by atoms with Crippen LogP contribution in [0.25, 0.3) is 0 Å². The van der Waals surface area contributed by atoms with E-state index in [-0.39, 0.29) is 5.96 Å². The maximum absolute atomic E-state index is 12.6. The molecule has 3 N–H and O–H groups in total. The number of aryl methyl sites for hydroxylation is 1. The first-order valence-electron chi connectivity index (χ1n) is 5.21. The molecule has 0 unspecified atom stereocenters. The molecule has 2 rings (SSSR count). The van der Waals surface area contributed by atoms with Crippen LogP contribution in [0.5, 0.6) is 0 Å². The van der Waals surface area contributed by atoms with E-state index >= 15 is 0 Å². The van der Waals surface area contributed by atoms with Crippen LogP contribution in [-0.2, 0) is 12.6 Å². The van der Waals surface area contributed by atoms with Crippen LogP contribution < -0.4 is 10.6 Å². The molecule has 0 saturated heterocycles. The number of nitrogens with zero attached hydrogens (tertiary/aromatic N) is 1. The van der Waals surface area contributed by atoms with Crippen molar-refractivity contribution in [3.8, 4) is 0 Å². The van der Waals surface area contributed by atoms with E-state index in [1.807, 2.05) is 0 Å². The quantitative estimate of drug-likeness (QED) is 0.543. The van der Waals surface area contributed by atoms with Gasteiger partial charge in [0.25, 0.3) is 0 Å². The summed E-state index contributed by atoms with van der Waals surface area (Å²) in [5.41, 5.74) is 5.87. The molecule has 1 aliphatic heterocycles. The van der Waals surface area contributed by atoms with Gasteiger partial charge in [-0.1, -0.05) is 6.07 Å². The summed E-state index contributed by atoms with van der Waals surface area (Å²) in [7, 11) is 0. The van der Waals surface area contributed by atoms with Crippen molar-refractivity contribution >= 4 is 11.6 Å². The second-order valence-electron chi connectivity index (χ2n) is 3.98. The Bertz CT molecular complexity index is 454. The van der Waals surface area contributed by atoms with Gasteiger partial charge >= 0.3 is 6.18 Å². The summed E-state index contributed by atoms with van der Waals surface area (Å²) in [6.07, 6.45) is -2.86. The molecule has 0 bridgehead atoms. The molecule has 1 heterocycles. The molecule has 1 aromatic carbocycles. The number of fused-ring (bicyclic) bond motifs is 1. The molecule has 0 amide bonds. The van der Waals surface area contributed by atoms with Crippen molar-refractivity contribution in [2.75, 3.05) is 11.4 Å². The number of rotatable bonds is 0. The van der Waals surface area contributed by atoms with Crippen LogP contribution >= 0.6 is 0 Å². The summed E-state index contributed by atoms with van der Waals surface area (Å²) in [5, 5.41) is 7.37. The Kier molecular flexibility index (Phi) is 2.73. The Hall–Kier alpha value is -1.72. The van der Waals surface area contributed by atoms with Crippen LogP contribution in [0, 0.1) is 5.41 Å². The number of nitrogens with two attached hydrogens (primary N) is 1. The first-order valence-corrected chi connectivity index (χ1v) is 5.21. The van der Waals surface area contributed by atoms with Crippen molar-refractivity contribution in [3.05, 3.63) is 29.3 Å². The summed E-state index contributed by atoms with van der Waals surface area (Å²) in [5.74, 6) is -0.217. The van der Waals surface area contributed by atoms with Gasteiger partial charge in [-0.2, -0.15) is 13.2 Å². The Morgan fingerprint density at radius 3 is 2.65 bits per heavy atom. The molecular weight excluding hydrogens is 231 g/mol. The Balaban J connectivity index is 2.48. The monoisotopic (exact) mass is 243 g/mol. The third-order valence-electron chi connectivity index (χ3n) is 2.82. The first kappa shape index (κ1) is 11.8. The van der Waals surface area contributed by atoms with Gasteiger partial charge < -0.3 is 10.6 Å². The fraction of sp³-hybridized carbons (Fsp3) is 0.364. The van der Waals surface area contributed by atoms with Crippen molar-refractivity contribution < 1.29 is 13.2 Å². The Morgan fingerprint density at radius 2 is 2.06 bits per heavy atom. The summed E-state index contributed by atoms with van der Waals surface area (Å²) in [6.45, 7) is 0.490. The van der Waals surface area contributed by atoms with Gasteiger partial charge in [-0.25, -0.2) is 0 Å². The number of nitrogens with one attached hydrogen (secondary N) is 1. The van der Waals surface area contributed by atoms with Crippen LogP contribution in [0.15, 0.2) is 18.2 Å². The Morgan fingerprint density at radius 1 is 1.35 bits per heavy atom. The average molecular weight is 243 g/mol. The first-order chi connectivity index (χ1) is 7.89. The lowest BCUT2D eigenvalue weighted by molar-refractivity contribution is -0.137. The number of alkyl halides is 3. The highest BCUT2D eigenvalue weighted by Gasteiger charge is 2.32. The van der Waals surface area contributed by atoms with Crippen molar-refractivity contribution in [1.29, 1.82) is 5.41 Å². The SMILES string of the molecule is N=C(N)N1CCCc2ccc(C(F)(F)F)cc21. The van der Waals surface area contributed by atoms with Gasteiger partial charge in [0.2, 0.25) is 0 Å². The molecule has 0 atom stereocenters. The highest BCUT2D eigenvalue weighted by Crippen LogP contribution is 2.35. The second kappa shape index (κ2) is 3.94. The molecule has 1 aromatic rings. The largest absolute Gasteiger partial charge is 0.416 e. The molecular formula is C11H12F3N3. The predicted octanol–water partition coefficient (Wildman–Crippen LogP) is 2.35. The average Bonchev–Trinajstić information content (AvgIpc) is 2.26. The lowest BCUT2D eigenvalue weighted by atomic mass is 9.99. The lowest BCUT2D eigenvalue weighted by Gasteiger charge is -2.30. The molecule has 0 aromatic heterocycles. The lowest BCUT2D eigenvalue weighted by Crippen LogP contribution is -2.40. The van der Waals surface area contributed by atoms with E-state index in [0.29, 0.717) is 12.2 Å². The molecule has 1 aliphatic rings. The summed E-state index contributed by atoms with van der Waals surface area (Å²) < 4.78 is 37.7. The topological polar surface area (TPSA) is 53.1 Å². The van der Waals surface area contributed by atoms with Gasteiger partial charge in [0, 0.05) is 12.2 Å². The summed E-state index contributed by atoms with van der Waals surface area (Å²) >= 11 is 0. The van der Waals surface area contributed by atoms with Gasteiger partial charge in [-0.3, -0.25) is 5.41 Å². The zero-order valence-electron chi connectivity index (χ0n) is 9.01. The minimum atomic E-state index is -4.37. The van der Waals surface area contributed by atoms with Crippen LogP contribution in [0.4, 0.5) is 18.9 Å². The number of anilines is 1. The number of hydrogen-bond donors (Lipinski definition) is 2. The van der Waals surface area contributed by atoms with Crippen LogP contribution in [0.3, 0.4) is 0 Å². The zero-order chi connectivity index (χ0) is 12.6. The van der Waals surface area contributed by atoms with Gasteiger partial charge in [0.15, 0.2) is 5.96 Å². The number of benzene rings is 1. The second-order valence-corrected chi connectivity index (χ2v) is 3.98. The number of hydrogen-bond acceptors (Lipinski definition) is 1. The standard InChI is InChI=1S/C11H12F3N3/c12-11(13,14)8-4-3-7-2-1-5-17(10(15)16)9(7)6-8/h3-4,6H,1-2,5H2,(H3,15,16). The highest BCUT2D eigenvalue weighted by molar-refractivity contribution is 5.93. The van der Waals surface area contributed by atoms with Gasteiger partial charge in [0.1, 0.15) is 0 Å². The van der Waals surface area contributed by atoms with Crippen molar-refractivity contribution in [2.45, 2.75) is 19.0 Å². The molecule has 6 heteroatoms.